The van der Waals surface area contributed by atoms with Gasteiger partial charge in [-0.25, -0.2) is 0 Å². The van der Waals surface area contributed by atoms with Crippen LogP contribution in [-0.4, -0.2) is 37.8 Å². The van der Waals surface area contributed by atoms with Crippen LogP contribution in [0.2, 0.25) is 0 Å². The minimum absolute atomic E-state index is 0.0956. The van der Waals surface area contributed by atoms with Crippen LogP contribution in [0.25, 0.3) is 0 Å². The second-order valence-electron chi connectivity index (χ2n) is 5.06. The number of benzene rings is 1. The Morgan fingerprint density at radius 2 is 2.30 bits per heavy atom. The Labute approximate surface area is 127 Å². The van der Waals surface area contributed by atoms with E-state index in [0.29, 0.717) is 12.2 Å². The van der Waals surface area contributed by atoms with E-state index in [-0.39, 0.29) is 5.84 Å². The first-order chi connectivity index (χ1) is 9.63. The van der Waals surface area contributed by atoms with E-state index in [1.54, 1.807) is 0 Å². The molecule has 0 atom stereocenters. The van der Waals surface area contributed by atoms with E-state index in [1.165, 1.54) is 12.8 Å². The van der Waals surface area contributed by atoms with E-state index in [1.807, 2.05) is 30.1 Å². The number of nitrogens with zero attached hydrogens (tertiary/aromatic N) is 2. The Balaban J connectivity index is 2.00. The van der Waals surface area contributed by atoms with Gasteiger partial charge in [0.1, 0.15) is 0 Å². The number of oxime groups is 1. The van der Waals surface area contributed by atoms with Crippen LogP contribution in [0.5, 0.6) is 0 Å². The standard InChI is InChI=1S/C14H20BrN3O2/c1-18(7-8-20-9-10-5-6-10)12-4-2-3-11(15)13(12)14(16)17-19/h2-4,10,19H,5-9H2,1H3,(H2,16,17). The number of rotatable bonds is 7. The summed E-state index contributed by atoms with van der Waals surface area (Å²) >= 11 is 3.44. The van der Waals surface area contributed by atoms with Crippen molar-refractivity contribution in [2.24, 2.45) is 16.8 Å². The fraction of sp³-hybridized carbons (Fsp3) is 0.500. The smallest absolute Gasteiger partial charge is 0.173 e. The third-order valence-electron chi connectivity index (χ3n) is 3.39. The van der Waals surface area contributed by atoms with Gasteiger partial charge in [0.25, 0.3) is 0 Å². The number of likely N-dealkylation sites (N-methyl/N-ethyl adjacent to an activating group) is 1. The van der Waals surface area contributed by atoms with E-state index in [2.05, 4.69) is 21.1 Å². The summed E-state index contributed by atoms with van der Waals surface area (Å²) in [6.07, 6.45) is 2.60. The summed E-state index contributed by atoms with van der Waals surface area (Å²) in [6.45, 7) is 2.30. The van der Waals surface area contributed by atoms with Gasteiger partial charge in [-0.2, -0.15) is 0 Å². The summed E-state index contributed by atoms with van der Waals surface area (Å²) in [6, 6.07) is 5.74. The Morgan fingerprint density at radius 3 is 2.95 bits per heavy atom. The first-order valence-electron chi connectivity index (χ1n) is 6.68. The maximum absolute atomic E-state index is 8.90. The minimum atomic E-state index is 0.0956. The molecule has 0 aromatic heterocycles. The fourth-order valence-electron chi connectivity index (χ4n) is 1.99. The predicted octanol–water partition coefficient (Wildman–Crippen LogP) is 2.41. The Kier molecular flexibility index (Phi) is 5.25. The van der Waals surface area contributed by atoms with Crippen LogP contribution in [0, 0.1) is 5.92 Å². The summed E-state index contributed by atoms with van der Waals surface area (Å²) in [5, 5.41) is 12.0. The van der Waals surface area contributed by atoms with Gasteiger partial charge in [-0.15, -0.1) is 0 Å². The normalized spacial score (nSPS) is 15.4. The Morgan fingerprint density at radius 1 is 1.55 bits per heavy atom. The summed E-state index contributed by atoms with van der Waals surface area (Å²) in [4.78, 5) is 2.05. The molecule has 0 bridgehead atoms. The molecule has 0 aliphatic heterocycles. The van der Waals surface area contributed by atoms with Crippen LogP contribution in [-0.2, 0) is 4.74 Å². The van der Waals surface area contributed by atoms with Crippen molar-refractivity contribution >= 4 is 27.5 Å². The van der Waals surface area contributed by atoms with Crippen molar-refractivity contribution in [2.45, 2.75) is 12.8 Å². The molecule has 110 valence electrons. The average molecular weight is 342 g/mol. The molecule has 0 spiro atoms. The topological polar surface area (TPSA) is 71.1 Å². The van der Waals surface area contributed by atoms with Gasteiger partial charge in [0.05, 0.1) is 12.2 Å². The Bertz CT molecular complexity index is 489. The van der Waals surface area contributed by atoms with Crippen molar-refractivity contribution in [3.63, 3.8) is 0 Å². The first-order valence-corrected chi connectivity index (χ1v) is 7.48. The quantitative estimate of drug-likeness (QED) is 0.262. The molecule has 0 heterocycles. The highest BCUT2D eigenvalue weighted by Gasteiger charge is 2.21. The highest BCUT2D eigenvalue weighted by atomic mass is 79.9. The number of amidine groups is 1. The van der Waals surface area contributed by atoms with Crippen molar-refractivity contribution in [2.75, 3.05) is 31.7 Å². The van der Waals surface area contributed by atoms with Crippen molar-refractivity contribution in [3.8, 4) is 0 Å². The first kappa shape index (κ1) is 15.1. The maximum atomic E-state index is 8.90. The van der Waals surface area contributed by atoms with Gasteiger partial charge in [0, 0.05) is 30.4 Å². The van der Waals surface area contributed by atoms with Crippen molar-refractivity contribution < 1.29 is 9.94 Å². The lowest BCUT2D eigenvalue weighted by Crippen LogP contribution is -2.26. The predicted molar refractivity (Wildman–Crippen MR) is 83.5 cm³/mol. The molecule has 6 heteroatoms. The van der Waals surface area contributed by atoms with Gasteiger partial charge in [-0.3, -0.25) is 0 Å². The SMILES string of the molecule is CN(CCOCC1CC1)c1cccc(Br)c1/C(N)=N/O. The molecule has 1 saturated carbocycles. The van der Waals surface area contributed by atoms with Crippen molar-refractivity contribution in [3.05, 3.63) is 28.2 Å². The van der Waals surface area contributed by atoms with E-state index in [4.69, 9.17) is 15.7 Å². The summed E-state index contributed by atoms with van der Waals surface area (Å²) < 4.78 is 6.44. The zero-order chi connectivity index (χ0) is 14.5. The molecule has 2 rings (SSSR count). The molecule has 1 aromatic carbocycles. The zero-order valence-electron chi connectivity index (χ0n) is 11.6. The van der Waals surface area contributed by atoms with Crippen LogP contribution >= 0.6 is 15.9 Å². The second-order valence-corrected chi connectivity index (χ2v) is 5.91. The highest BCUT2D eigenvalue weighted by Crippen LogP contribution is 2.29. The molecule has 0 radical (unpaired) electrons. The van der Waals surface area contributed by atoms with E-state index < -0.39 is 0 Å². The van der Waals surface area contributed by atoms with Gasteiger partial charge in [-0.05, 0) is 46.8 Å². The molecule has 0 unspecified atom stereocenters. The lowest BCUT2D eigenvalue weighted by atomic mass is 10.1. The number of ether oxygens (including phenoxy) is 1. The van der Waals surface area contributed by atoms with E-state index in [0.717, 1.165) is 29.2 Å². The van der Waals surface area contributed by atoms with Gasteiger partial charge in [0.15, 0.2) is 5.84 Å². The fourth-order valence-corrected chi connectivity index (χ4v) is 2.55. The highest BCUT2D eigenvalue weighted by molar-refractivity contribution is 9.10. The second kappa shape index (κ2) is 6.95. The maximum Gasteiger partial charge on any atom is 0.173 e. The zero-order valence-corrected chi connectivity index (χ0v) is 13.1. The molecule has 1 aromatic rings. The Hall–Kier alpha value is -1.27. The van der Waals surface area contributed by atoms with Crippen LogP contribution in [0.1, 0.15) is 18.4 Å². The molecule has 1 aliphatic carbocycles. The van der Waals surface area contributed by atoms with Crippen LogP contribution in [0.3, 0.4) is 0 Å². The third kappa shape index (κ3) is 3.86. The number of halogens is 1. The summed E-state index contributed by atoms with van der Waals surface area (Å²) in [7, 11) is 1.97. The largest absolute Gasteiger partial charge is 0.409 e. The number of nitrogens with two attached hydrogens (primary N) is 1. The van der Waals surface area contributed by atoms with Gasteiger partial charge in [0.2, 0.25) is 0 Å². The van der Waals surface area contributed by atoms with Gasteiger partial charge >= 0.3 is 0 Å². The van der Waals surface area contributed by atoms with Crippen LogP contribution < -0.4 is 10.6 Å². The molecular formula is C14H20BrN3O2. The number of hydrogen-bond acceptors (Lipinski definition) is 4. The van der Waals surface area contributed by atoms with Crippen LogP contribution in [0.4, 0.5) is 5.69 Å². The van der Waals surface area contributed by atoms with E-state index >= 15 is 0 Å². The lowest BCUT2D eigenvalue weighted by Gasteiger charge is -2.22. The summed E-state index contributed by atoms with van der Waals surface area (Å²) in [5.74, 6) is 0.872. The number of hydrogen-bond donors (Lipinski definition) is 2. The monoisotopic (exact) mass is 341 g/mol. The van der Waals surface area contributed by atoms with Crippen molar-refractivity contribution in [1.82, 2.24) is 0 Å². The molecular weight excluding hydrogens is 322 g/mol. The molecule has 0 amide bonds. The molecule has 1 aliphatic rings. The molecule has 3 N–H and O–H groups in total. The minimum Gasteiger partial charge on any atom is -0.409 e. The molecule has 5 nitrogen and oxygen atoms in total. The number of anilines is 1. The van der Waals surface area contributed by atoms with Crippen LogP contribution in [0.15, 0.2) is 27.8 Å². The molecule has 1 fully saturated rings. The van der Waals surface area contributed by atoms with Gasteiger partial charge in [-0.1, -0.05) is 11.2 Å². The molecule has 20 heavy (non-hydrogen) atoms. The average Bonchev–Trinajstić information content (AvgIpc) is 3.26. The summed E-state index contributed by atoms with van der Waals surface area (Å²) in [5.41, 5.74) is 7.35. The van der Waals surface area contributed by atoms with Crippen molar-refractivity contribution in [1.29, 1.82) is 0 Å². The van der Waals surface area contributed by atoms with E-state index in [9.17, 15) is 0 Å². The molecule has 0 saturated heterocycles. The lowest BCUT2D eigenvalue weighted by molar-refractivity contribution is 0.131. The van der Waals surface area contributed by atoms with Gasteiger partial charge < -0.3 is 20.6 Å². The third-order valence-corrected chi connectivity index (χ3v) is 4.05.